The lowest BCUT2D eigenvalue weighted by atomic mass is 10.0. The van der Waals surface area contributed by atoms with Crippen molar-refractivity contribution in [1.29, 1.82) is 0 Å². The van der Waals surface area contributed by atoms with Gasteiger partial charge in [-0.25, -0.2) is 0 Å². The summed E-state index contributed by atoms with van der Waals surface area (Å²) in [4.78, 5) is 11.9. The molecular weight excluding hydrogens is 377 g/mol. The van der Waals surface area contributed by atoms with Crippen molar-refractivity contribution in [1.82, 2.24) is 0 Å². The zero-order valence-corrected chi connectivity index (χ0v) is 18.0. The van der Waals surface area contributed by atoms with Gasteiger partial charge in [0.05, 0.1) is 25.4 Å². The Balaban J connectivity index is 3.38. The first-order chi connectivity index (χ1) is 12.2. The van der Waals surface area contributed by atoms with Gasteiger partial charge in [0.1, 0.15) is 11.5 Å². The molecule has 0 N–H and O–H groups in total. The first kappa shape index (κ1) is 23.5. The van der Waals surface area contributed by atoms with Crippen LogP contribution in [0.15, 0.2) is 12.1 Å². The van der Waals surface area contributed by atoms with Gasteiger partial charge in [0, 0.05) is 11.6 Å². The minimum Gasteiger partial charge on any atom is -0.493 e. The molecule has 1 rings (SSSR count). The summed E-state index contributed by atoms with van der Waals surface area (Å²) < 4.78 is 56.0. The SMILES string of the molecule is CCOc1cc(OCC)c(C(=O)C(F)(F)F)cc1CO[Si](C)(C)C(C)(C)C. The first-order valence-corrected chi connectivity index (χ1v) is 11.8. The van der Waals surface area contributed by atoms with Crippen LogP contribution in [0, 0.1) is 0 Å². The molecule has 1 aromatic rings. The Bertz CT molecular complexity index is 664. The fourth-order valence-corrected chi connectivity index (χ4v) is 3.04. The summed E-state index contributed by atoms with van der Waals surface area (Å²) in [5, 5.41) is -0.0609. The molecule has 0 amide bonds. The molecule has 0 atom stereocenters. The Morgan fingerprint density at radius 3 is 1.96 bits per heavy atom. The van der Waals surface area contributed by atoms with Crippen LogP contribution in [0.5, 0.6) is 11.5 Å². The second kappa shape index (κ2) is 8.64. The van der Waals surface area contributed by atoms with E-state index in [2.05, 4.69) is 20.8 Å². The van der Waals surface area contributed by atoms with E-state index < -0.39 is 25.8 Å². The van der Waals surface area contributed by atoms with Crippen molar-refractivity contribution in [2.24, 2.45) is 0 Å². The third kappa shape index (κ3) is 5.97. The summed E-state index contributed by atoms with van der Waals surface area (Å²) in [7, 11) is -2.14. The Labute approximate surface area is 160 Å². The number of Topliss-reactive ketones (excluding diaryl/α,β-unsaturated/α-hetero) is 1. The topological polar surface area (TPSA) is 44.8 Å². The predicted molar refractivity (Wildman–Crippen MR) is 101 cm³/mol. The van der Waals surface area contributed by atoms with E-state index in [1.54, 1.807) is 13.8 Å². The summed E-state index contributed by atoms with van der Waals surface area (Å²) in [5.41, 5.74) is -0.126. The van der Waals surface area contributed by atoms with Crippen molar-refractivity contribution in [2.45, 2.75) is 65.5 Å². The lowest BCUT2D eigenvalue weighted by Crippen LogP contribution is -2.40. The quantitative estimate of drug-likeness (QED) is 0.407. The van der Waals surface area contributed by atoms with Crippen LogP contribution in [0.1, 0.15) is 50.5 Å². The first-order valence-electron chi connectivity index (χ1n) is 8.92. The molecule has 0 spiro atoms. The highest BCUT2D eigenvalue weighted by Gasteiger charge is 2.42. The van der Waals surface area contributed by atoms with Gasteiger partial charge in [-0.1, -0.05) is 20.8 Å². The van der Waals surface area contributed by atoms with E-state index in [9.17, 15) is 18.0 Å². The largest absolute Gasteiger partial charge is 0.493 e. The smallest absolute Gasteiger partial charge is 0.455 e. The maximum atomic E-state index is 13.0. The number of ketones is 1. The van der Waals surface area contributed by atoms with E-state index in [0.29, 0.717) is 17.9 Å². The molecule has 27 heavy (non-hydrogen) atoms. The maximum absolute atomic E-state index is 13.0. The molecular formula is C19H29F3O4Si. The number of ether oxygens (including phenoxy) is 2. The molecule has 8 heteroatoms. The molecule has 4 nitrogen and oxygen atoms in total. The van der Waals surface area contributed by atoms with E-state index in [0.717, 1.165) is 0 Å². The highest BCUT2D eigenvalue weighted by atomic mass is 28.4. The molecule has 0 fully saturated rings. The van der Waals surface area contributed by atoms with E-state index in [1.807, 2.05) is 13.1 Å². The number of hydrogen-bond donors (Lipinski definition) is 0. The van der Waals surface area contributed by atoms with Crippen LogP contribution in [-0.2, 0) is 11.0 Å². The van der Waals surface area contributed by atoms with Gasteiger partial charge in [0.2, 0.25) is 0 Å². The number of benzene rings is 1. The summed E-state index contributed by atoms with van der Waals surface area (Å²) >= 11 is 0. The van der Waals surface area contributed by atoms with Crippen LogP contribution >= 0.6 is 0 Å². The third-order valence-corrected chi connectivity index (χ3v) is 9.14. The average Bonchev–Trinajstić information content (AvgIpc) is 2.52. The number of alkyl halides is 3. The molecule has 0 aliphatic carbocycles. The number of hydrogen-bond acceptors (Lipinski definition) is 4. The van der Waals surface area contributed by atoms with Crippen LogP contribution < -0.4 is 9.47 Å². The Morgan fingerprint density at radius 2 is 1.52 bits per heavy atom. The van der Waals surface area contributed by atoms with Crippen molar-refractivity contribution >= 4 is 14.1 Å². The van der Waals surface area contributed by atoms with Crippen LogP contribution in [0.2, 0.25) is 18.1 Å². The van der Waals surface area contributed by atoms with Gasteiger partial charge in [0.15, 0.2) is 8.32 Å². The zero-order valence-electron chi connectivity index (χ0n) is 17.0. The summed E-state index contributed by atoms with van der Waals surface area (Å²) in [5.74, 6) is -1.72. The van der Waals surface area contributed by atoms with Crippen LogP contribution in [0.25, 0.3) is 0 Å². The van der Waals surface area contributed by atoms with E-state index in [4.69, 9.17) is 13.9 Å². The number of rotatable bonds is 8. The molecule has 0 heterocycles. The van der Waals surface area contributed by atoms with Gasteiger partial charge in [-0.3, -0.25) is 4.79 Å². The fraction of sp³-hybridized carbons (Fsp3) is 0.632. The molecule has 0 bridgehead atoms. The highest BCUT2D eigenvalue weighted by molar-refractivity contribution is 6.74. The van der Waals surface area contributed by atoms with Gasteiger partial charge < -0.3 is 13.9 Å². The lowest BCUT2D eigenvalue weighted by Gasteiger charge is -2.36. The summed E-state index contributed by atoms with van der Waals surface area (Å²) in [6.45, 7) is 14.2. The van der Waals surface area contributed by atoms with Crippen molar-refractivity contribution in [3.63, 3.8) is 0 Å². The van der Waals surface area contributed by atoms with Gasteiger partial charge in [0.25, 0.3) is 5.78 Å². The molecule has 0 radical (unpaired) electrons. The van der Waals surface area contributed by atoms with Gasteiger partial charge in [-0.2, -0.15) is 13.2 Å². The maximum Gasteiger partial charge on any atom is 0.455 e. The Hall–Kier alpha value is -1.54. The minimum atomic E-state index is -4.99. The van der Waals surface area contributed by atoms with E-state index in [-0.39, 0.29) is 24.0 Å². The van der Waals surface area contributed by atoms with E-state index >= 15 is 0 Å². The van der Waals surface area contributed by atoms with Crippen molar-refractivity contribution in [3.8, 4) is 11.5 Å². The molecule has 0 aromatic heterocycles. The lowest BCUT2D eigenvalue weighted by molar-refractivity contribution is -0.0886. The van der Waals surface area contributed by atoms with E-state index in [1.165, 1.54) is 12.1 Å². The Kier molecular flexibility index (Phi) is 7.52. The number of carbonyl (C=O) groups is 1. The van der Waals surface area contributed by atoms with Gasteiger partial charge in [-0.15, -0.1) is 0 Å². The van der Waals surface area contributed by atoms with Crippen molar-refractivity contribution in [3.05, 3.63) is 23.3 Å². The number of halogens is 3. The molecule has 0 aliphatic rings. The molecule has 0 saturated heterocycles. The van der Waals surface area contributed by atoms with Crippen molar-refractivity contribution < 1.29 is 31.9 Å². The van der Waals surface area contributed by atoms with Crippen LogP contribution in [-0.4, -0.2) is 33.5 Å². The number of carbonyl (C=O) groups excluding carboxylic acids is 1. The molecule has 0 unspecified atom stereocenters. The molecule has 154 valence electrons. The third-order valence-electron chi connectivity index (χ3n) is 4.66. The average molecular weight is 407 g/mol. The van der Waals surface area contributed by atoms with Crippen LogP contribution in [0.3, 0.4) is 0 Å². The highest BCUT2D eigenvalue weighted by Crippen LogP contribution is 2.39. The van der Waals surface area contributed by atoms with Crippen LogP contribution in [0.4, 0.5) is 13.2 Å². The summed E-state index contributed by atoms with van der Waals surface area (Å²) in [6, 6.07) is 2.52. The monoisotopic (exact) mass is 406 g/mol. The van der Waals surface area contributed by atoms with Gasteiger partial charge >= 0.3 is 6.18 Å². The fourth-order valence-electron chi connectivity index (χ4n) is 2.09. The Morgan fingerprint density at radius 1 is 1.00 bits per heavy atom. The predicted octanol–water partition coefficient (Wildman–Crippen LogP) is 5.75. The second-order valence-electron chi connectivity index (χ2n) is 7.70. The molecule has 0 saturated carbocycles. The van der Waals surface area contributed by atoms with Crippen molar-refractivity contribution in [2.75, 3.05) is 13.2 Å². The molecule has 1 aromatic carbocycles. The minimum absolute atomic E-state index is 0.0609. The second-order valence-corrected chi connectivity index (χ2v) is 12.5. The zero-order chi connectivity index (χ0) is 21.0. The molecule has 0 aliphatic heterocycles. The van der Waals surface area contributed by atoms with Gasteiger partial charge in [-0.05, 0) is 38.0 Å². The summed E-state index contributed by atoms with van der Waals surface area (Å²) in [6.07, 6.45) is -4.99. The normalized spacial score (nSPS) is 12.8. The standard InChI is InChI=1S/C19H29F3O4Si/c1-8-24-15-11-16(25-9-2)14(17(23)19(20,21)22)10-13(15)12-26-27(6,7)18(3,4)5/h10-11H,8-9,12H2,1-7H3.